The van der Waals surface area contributed by atoms with Crippen molar-refractivity contribution in [2.45, 2.75) is 211 Å². The normalized spacial score (nSPS) is 15.1. The van der Waals surface area contributed by atoms with Crippen LogP contribution in [0.2, 0.25) is 5.02 Å². The minimum atomic E-state index is -1.79. The summed E-state index contributed by atoms with van der Waals surface area (Å²) in [4.78, 5) is 188. The van der Waals surface area contributed by atoms with Crippen molar-refractivity contribution in [2.75, 3.05) is 32.8 Å². The molecule has 0 aliphatic carbocycles. The monoisotopic (exact) mass is 1590 g/mol. The Hall–Kier alpha value is -11.1. The molecule has 0 spiro atoms. The smallest absolute Gasteiger partial charge is 0.252 e. The summed E-state index contributed by atoms with van der Waals surface area (Å²) >= 11 is 6.31. The molecule has 7 rings (SSSR count). The van der Waals surface area contributed by atoms with Gasteiger partial charge in [-0.25, -0.2) is 0 Å². The highest BCUT2D eigenvalue weighted by Gasteiger charge is 2.40. The number of pyridine rings is 3. The highest BCUT2D eigenvalue weighted by Crippen LogP contribution is 2.23. The van der Waals surface area contributed by atoms with Crippen molar-refractivity contribution in [2.24, 2.45) is 16.6 Å². The van der Waals surface area contributed by atoms with E-state index < -0.39 is 132 Å². The molecule has 1 aliphatic rings. The van der Waals surface area contributed by atoms with Gasteiger partial charge in [-0.3, -0.25) is 77.5 Å². The third-order valence-electron chi connectivity index (χ3n) is 19.3. The molecule has 14 N–H and O–H groups in total. The lowest BCUT2D eigenvalue weighted by molar-refractivity contribution is -0.142. The minimum Gasteiger partial charge on any atom is -0.394 e. The number of aliphatic hydroxyl groups excluding tert-OH is 1. The first kappa shape index (κ1) is 90.1. The Bertz CT molecular complexity index is 4220. The van der Waals surface area contributed by atoms with Crippen LogP contribution < -0.4 is 64.2 Å². The van der Waals surface area contributed by atoms with Gasteiger partial charge >= 0.3 is 0 Å². The average molecular weight is 1590 g/mol. The number of nitrogens with one attached hydrogen (secondary N) is 11. The zero-order valence-corrected chi connectivity index (χ0v) is 66.6. The number of carbonyl (C=O) groups excluding carboxylic acids is 12. The summed E-state index contributed by atoms with van der Waals surface area (Å²) in [5.41, 5.74) is 8.49. The average Bonchev–Trinajstić information content (AvgIpc) is 1.51. The number of amides is 12. The Morgan fingerprint density at radius 2 is 1.03 bits per heavy atom. The second-order valence-electron chi connectivity index (χ2n) is 29.4. The first-order chi connectivity index (χ1) is 54.7. The van der Waals surface area contributed by atoms with Crippen molar-refractivity contribution in [1.82, 2.24) is 78.3 Å². The number of nitrogens with zero attached hydrogens (tertiary/aromatic N) is 5. The fourth-order valence-electron chi connectivity index (χ4n) is 13.1. The van der Waals surface area contributed by atoms with Gasteiger partial charge in [0.2, 0.25) is 59.1 Å². The molecule has 30 nitrogen and oxygen atoms in total. The van der Waals surface area contributed by atoms with Crippen LogP contribution in [0.25, 0.3) is 10.8 Å². The zero-order valence-electron chi connectivity index (χ0n) is 65.9. The summed E-state index contributed by atoms with van der Waals surface area (Å²) in [5, 5.41) is 44.8. The van der Waals surface area contributed by atoms with E-state index in [0.29, 0.717) is 65.2 Å². The lowest BCUT2D eigenvalue weighted by Gasteiger charge is -2.31. The van der Waals surface area contributed by atoms with Gasteiger partial charge in [-0.2, -0.15) is 0 Å². The Labute approximate surface area is 670 Å². The van der Waals surface area contributed by atoms with Crippen molar-refractivity contribution in [3.63, 3.8) is 0 Å². The molecule has 12 amide bonds. The molecular weight excluding hydrogens is 1480 g/mol. The Balaban J connectivity index is 1.16. The molecule has 10 atom stereocenters. The van der Waals surface area contributed by atoms with E-state index in [4.69, 9.17) is 22.3 Å². The summed E-state index contributed by atoms with van der Waals surface area (Å²) < 4.78 is 0. The van der Waals surface area contributed by atoms with Crippen LogP contribution in [0.15, 0.2) is 145 Å². The molecule has 3 aromatic carbocycles. The van der Waals surface area contributed by atoms with Crippen LogP contribution in [0, 0.1) is 5.92 Å². The van der Waals surface area contributed by atoms with Crippen LogP contribution in [0.3, 0.4) is 0 Å². The molecule has 0 saturated carbocycles. The molecule has 1 saturated heterocycles. The first-order valence-corrected chi connectivity index (χ1v) is 39.4. The van der Waals surface area contributed by atoms with Gasteiger partial charge in [0.25, 0.3) is 11.8 Å². The molecule has 3 aromatic heterocycles. The maximum absolute atomic E-state index is 15.2. The number of halogens is 1. The minimum absolute atomic E-state index is 0.000832. The summed E-state index contributed by atoms with van der Waals surface area (Å²) in [6.07, 6.45) is 11.6. The van der Waals surface area contributed by atoms with E-state index >= 15 is 14.4 Å². The Kier molecular flexibility index (Phi) is 37.0. The Morgan fingerprint density at radius 1 is 0.518 bits per heavy atom. The number of hydrogen-bond acceptors (Lipinski definition) is 18. The van der Waals surface area contributed by atoms with E-state index in [1.807, 2.05) is 70.2 Å². The van der Waals surface area contributed by atoms with Crippen molar-refractivity contribution < 1.29 is 62.6 Å². The SMILES string of the molecule is CC(=O)NC(Cc1ccc2ccccc2c1)C(C)=NC(Cc1ccc(Cl)cc1)C(=O)NC(Cc1cccnc1)C(=O)NC(CO)C(=O)NC(CCCCNC(=O)c1cccnc1)C(=O)NC(CCCCNC(=O)c1cccnc1)C(=O)NC(CC(C)C)C(=O)NC(CCCCNC(C)C)C(=O)N1CCCC1C(=O)NC(C)C(N)=O. The first-order valence-electron chi connectivity index (χ1n) is 39.0. The number of nitrogens with two attached hydrogens (primary N) is 1. The number of likely N-dealkylation sites (tertiary alicyclic amines) is 1. The summed E-state index contributed by atoms with van der Waals surface area (Å²) in [6.45, 7) is 12.1. The summed E-state index contributed by atoms with van der Waals surface area (Å²) in [5.74, 6) is -8.49. The third-order valence-corrected chi connectivity index (χ3v) is 19.6. The van der Waals surface area contributed by atoms with Crippen LogP contribution in [0.1, 0.15) is 163 Å². The molecule has 0 bridgehead atoms. The van der Waals surface area contributed by atoms with Crippen molar-refractivity contribution in [3.8, 4) is 0 Å². The summed E-state index contributed by atoms with van der Waals surface area (Å²) in [7, 11) is 0. The fraction of sp³-hybridized carbons (Fsp3) is 0.470. The van der Waals surface area contributed by atoms with Crippen LogP contribution in [0.4, 0.5) is 0 Å². The lowest BCUT2D eigenvalue weighted by Crippen LogP contribution is -2.61. The molecule has 612 valence electrons. The number of aliphatic hydroxyl groups is 1. The molecule has 6 aromatic rings. The molecule has 114 heavy (non-hydrogen) atoms. The van der Waals surface area contributed by atoms with Crippen molar-refractivity contribution >= 4 is 99.0 Å². The molecule has 4 heterocycles. The summed E-state index contributed by atoms with van der Waals surface area (Å²) in [6, 6.07) is 17.8. The number of aromatic nitrogens is 3. The Morgan fingerprint density at radius 3 is 1.58 bits per heavy atom. The van der Waals surface area contributed by atoms with Gasteiger partial charge in [-0.1, -0.05) is 100.0 Å². The lowest BCUT2D eigenvalue weighted by atomic mass is 9.98. The number of fused-ring (bicyclic) bond motifs is 1. The van der Waals surface area contributed by atoms with Gasteiger partial charge in [-0.05, 0) is 180 Å². The molecule has 1 fully saturated rings. The van der Waals surface area contributed by atoms with Crippen LogP contribution in [-0.4, -0.2) is 201 Å². The number of aliphatic imine (C=N–C) groups is 1. The van der Waals surface area contributed by atoms with Gasteiger partial charge in [0, 0.05) is 93.4 Å². The van der Waals surface area contributed by atoms with Gasteiger partial charge in [0.1, 0.15) is 54.4 Å². The quantitative estimate of drug-likeness (QED) is 0.0187. The van der Waals surface area contributed by atoms with Crippen LogP contribution in [-0.2, 0) is 67.2 Å². The topological polar surface area (TPSA) is 438 Å². The fourth-order valence-corrected chi connectivity index (χ4v) is 13.2. The predicted octanol–water partition coefficient (Wildman–Crippen LogP) is 4.34. The second-order valence-corrected chi connectivity index (χ2v) is 29.9. The maximum atomic E-state index is 15.2. The van der Waals surface area contributed by atoms with Crippen molar-refractivity contribution in [1.29, 1.82) is 0 Å². The largest absolute Gasteiger partial charge is 0.394 e. The number of benzene rings is 3. The van der Waals surface area contributed by atoms with Gasteiger partial charge < -0.3 is 74.2 Å². The van der Waals surface area contributed by atoms with E-state index in [1.165, 1.54) is 55.9 Å². The van der Waals surface area contributed by atoms with Crippen molar-refractivity contribution in [3.05, 3.63) is 173 Å². The highest BCUT2D eigenvalue weighted by molar-refractivity contribution is 6.30. The molecule has 31 heteroatoms. The van der Waals surface area contributed by atoms with Gasteiger partial charge in [0.05, 0.1) is 23.8 Å². The molecule has 0 radical (unpaired) electrons. The van der Waals surface area contributed by atoms with Crippen LogP contribution >= 0.6 is 11.6 Å². The predicted molar refractivity (Wildman–Crippen MR) is 433 cm³/mol. The van der Waals surface area contributed by atoms with E-state index in [0.717, 1.165) is 16.3 Å². The molecular formula is C83H110ClN17O13. The molecule has 10 unspecified atom stereocenters. The highest BCUT2D eigenvalue weighted by atomic mass is 35.5. The van der Waals surface area contributed by atoms with Crippen LogP contribution in [0.5, 0.6) is 0 Å². The number of rotatable bonds is 46. The van der Waals surface area contributed by atoms with E-state index in [2.05, 4.69) is 73.4 Å². The number of carbonyl (C=O) groups is 12. The number of unbranched alkanes of at least 4 members (excludes halogenated alkanes) is 3. The van der Waals surface area contributed by atoms with Gasteiger partial charge in [-0.15, -0.1) is 0 Å². The standard InChI is InChI=1S/C83H110ClN17O13/c1-51(2)42-68(78(109)97-66(27-12-13-38-89-52(3)4)83(114)101-41-19-28-72(101)82(113)93-54(6)73(85)104)98-77(108)65(26-11-15-40-91-75(106)62-24-18-37-88-49-62)95-76(107)64(25-10-14-39-90-74(105)61-23-17-36-87-48-61)96-81(112)71(50-102)100-80(111)70(46-58-20-16-35-86-47-58)99-79(110)69(44-56-30-33-63(84)34-31-56)92-53(5)67(94-55(7)103)45-57-29-32-59-21-8-9-22-60(59)43-57/h8-9,16-18,20-24,29-37,43,47-49,51-52,54,64-72,89,102H,10-15,19,25-28,38-42,44-46,50H2,1-7H3,(H2,85,104)(H,90,105)(H,91,106)(H,93,113)(H,94,103)(H,95,107)(H,96,112)(H,97,109)(H,98,108)(H,99,110)(H,100,111). The maximum Gasteiger partial charge on any atom is 0.252 e. The van der Waals surface area contributed by atoms with Gasteiger partial charge in [0.15, 0.2) is 0 Å². The zero-order chi connectivity index (χ0) is 82.6. The van der Waals surface area contributed by atoms with E-state index in [9.17, 15) is 48.3 Å². The van der Waals surface area contributed by atoms with E-state index in [-0.39, 0.29) is 108 Å². The van der Waals surface area contributed by atoms with E-state index in [1.54, 1.807) is 67.6 Å². The number of hydrogen-bond donors (Lipinski definition) is 13. The third kappa shape index (κ3) is 30.1. The molecule has 1 aliphatic heterocycles. The second kappa shape index (κ2) is 46.8. The number of primary amides is 1.